The molecule has 0 aromatic carbocycles. The van der Waals surface area contributed by atoms with Gasteiger partial charge in [0.05, 0.1) is 12.6 Å². The Kier molecular flexibility index (Phi) is 5.50. The monoisotopic (exact) mass is 504 g/mol. The van der Waals surface area contributed by atoms with Crippen LogP contribution in [0.5, 0.6) is 0 Å². The molecule has 2 aromatic rings. The third kappa shape index (κ3) is 3.12. The van der Waals surface area contributed by atoms with Gasteiger partial charge in [-0.25, -0.2) is 10.1 Å². The van der Waals surface area contributed by atoms with Gasteiger partial charge in [-0.2, -0.15) is 10.5 Å². The molecule has 36 heavy (non-hydrogen) atoms. The number of allylic oxidation sites excluding steroid dienone is 4. The Balaban J connectivity index is 1.59. The fourth-order valence-corrected chi connectivity index (χ4v) is 10.0. The van der Waals surface area contributed by atoms with Crippen LogP contribution in [0.3, 0.4) is 0 Å². The zero-order valence-electron chi connectivity index (χ0n) is 20.0. The van der Waals surface area contributed by atoms with E-state index in [9.17, 15) is 15.8 Å². The van der Waals surface area contributed by atoms with Gasteiger partial charge in [0, 0.05) is 30.3 Å². The molecule has 0 aliphatic heterocycles. The molecule has 2 saturated carbocycles. The summed E-state index contributed by atoms with van der Waals surface area (Å²) in [4.78, 5) is 8.39. The molecule has 0 unspecified atom stereocenters. The van der Waals surface area contributed by atoms with Crippen LogP contribution in [0.4, 0.5) is 0 Å². The van der Waals surface area contributed by atoms with E-state index in [0.29, 0.717) is 0 Å². The lowest BCUT2D eigenvalue weighted by Crippen LogP contribution is -2.35. The number of nitriles is 3. The fraction of sp³-hybridized carbons (Fsp3) is 0.400. The SMILES string of the molecule is [C-]#[N+]/C(C#N)=C/c1cc2c(s1)-c1sc3c(c1C21CCCCC1)C1(CCCCC1)C(C=C(C#N)C#N)=C3. The van der Waals surface area contributed by atoms with Gasteiger partial charge < -0.3 is 0 Å². The minimum atomic E-state index is -0.101. The molecule has 0 saturated heterocycles. The lowest BCUT2D eigenvalue weighted by atomic mass is 9.61. The van der Waals surface area contributed by atoms with E-state index in [0.717, 1.165) is 36.1 Å². The number of rotatable bonds is 2. The Bertz CT molecular complexity index is 1500. The van der Waals surface area contributed by atoms with Crippen molar-refractivity contribution in [1.29, 1.82) is 15.8 Å². The lowest BCUT2D eigenvalue weighted by Gasteiger charge is -2.42. The smallest absolute Gasteiger partial charge is 0.227 e. The Morgan fingerprint density at radius 1 is 0.833 bits per heavy atom. The Morgan fingerprint density at radius 2 is 1.50 bits per heavy atom. The van der Waals surface area contributed by atoms with E-state index in [4.69, 9.17) is 6.57 Å². The third-order valence-electron chi connectivity index (χ3n) is 8.67. The van der Waals surface area contributed by atoms with Gasteiger partial charge in [0.2, 0.25) is 0 Å². The first-order chi connectivity index (χ1) is 17.6. The quantitative estimate of drug-likeness (QED) is 0.304. The molecule has 0 amide bonds. The van der Waals surface area contributed by atoms with Crippen molar-refractivity contribution in [3.8, 4) is 28.0 Å². The highest BCUT2D eigenvalue weighted by atomic mass is 32.1. The van der Waals surface area contributed by atoms with Gasteiger partial charge in [0.1, 0.15) is 17.7 Å². The fourth-order valence-electron chi connectivity index (χ4n) is 7.22. The van der Waals surface area contributed by atoms with E-state index in [1.54, 1.807) is 17.4 Å². The molecule has 2 aromatic heterocycles. The zero-order valence-corrected chi connectivity index (χ0v) is 21.6. The summed E-state index contributed by atoms with van der Waals surface area (Å²) in [5, 5.41) is 28.3. The van der Waals surface area contributed by atoms with Crippen LogP contribution in [0.25, 0.3) is 26.8 Å². The first-order valence-corrected chi connectivity index (χ1v) is 14.3. The van der Waals surface area contributed by atoms with Crippen molar-refractivity contribution in [3.63, 3.8) is 0 Å². The number of hydrogen-bond donors (Lipinski definition) is 0. The van der Waals surface area contributed by atoms with E-state index >= 15 is 0 Å². The summed E-state index contributed by atoms with van der Waals surface area (Å²) in [5.41, 5.74) is 5.79. The highest BCUT2D eigenvalue weighted by molar-refractivity contribution is 7.23. The van der Waals surface area contributed by atoms with Crippen molar-refractivity contribution >= 4 is 34.8 Å². The minimum Gasteiger partial charge on any atom is -0.227 e. The summed E-state index contributed by atoms with van der Waals surface area (Å²) in [7, 11) is 0. The summed E-state index contributed by atoms with van der Waals surface area (Å²) < 4.78 is 0. The second-order valence-electron chi connectivity index (χ2n) is 10.4. The molecule has 0 bridgehead atoms. The van der Waals surface area contributed by atoms with E-state index in [1.165, 1.54) is 69.8 Å². The van der Waals surface area contributed by atoms with Crippen LogP contribution in [0.15, 0.2) is 29.0 Å². The van der Waals surface area contributed by atoms with E-state index in [1.807, 2.05) is 23.5 Å². The van der Waals surface area contributed by atoms with Gasteiger partial charge in [-0.3, -0.25) is 0 Å². The van der Waals surface area contributed by atoms with Crippen molar-refractivity contribution in [2.45, 2.75) is 75.0 Å². The molecule has 6 rings (SSSR count). The number of fused-ring (bicyclic) bond motifs is 8. The topological polar surface area (TPSA) is 75.7 Å². The van der Waals surface area contributed by atoms with Crippen LogP contribution < -0.4 is 0 Å². The van der Waals surface area contributed by atoms with Gasteiger partial charge in [0.25, 0.3) is 5.70 Å². The van der Waals surface area contributed by atoms with Gasteiger partial charge in [-0.15, -0.1) is 22.7 Å². The maximum Gasteiger partial charge on any atom is 0.263 e. The molecule has 6 heteroatoms. The second kappa shape index (κ2) is 8.61. The Hall–Kier alpha value is -3.42. The molecule has 0 radical (unpaired) electrons. The average Bonchev–Trinajstić information content (AvgIpc) is 3.63. The first kappa shape index (κ1) is 23.0. The van der Waals surface area contributed by atoms with E-state index in [-0.39, 0.29) is 22.1 Å². The summed E-state index contributed by atoms with van der Waals surface area (Å²) in [5.74, 6) is 0. The standard InChI is InChI=1S/C30H24N4S2/c1-34-21(18-33)14-22-15-23-27(35-22)28-26(30(23)10-6-3-7-11-30)25-24(36-28)13-20(12-19(16-31)17-32)29(25)8-4-2-5-9-29/h12-15H,2-11H2/b21-14+. The lowest BCUT2D eigenvalue weighted by molar-refractivity contribution is 0.324. The maximum absolute atomic E-state index is 9.50. The number of thiophene rings is 2. The largest absolute Gasteiger partial charge is 0.263 e. The molecule has 0 N–H and O–H groups in total. The van der Waals surface area contributed by atoms with Gasteiger partial charge in [-0.05, 0) is 72.2 Å². The predicted molar refractivity (Wildman–Crippen MR) is 144 cm³/mol. The number of nitrogens with zero attached hydrogens (tertiary/aromatic N) is 4. The highest BCUT2D eigenvalue weighted by Crippen LogP contribution is 2.67. The van der Waals surface area contributed by atoms with E-state index < -0.39 is 0 Å². The van der Waals surface area contributed by atoms with Crippen LogP contribution in [0.1, 0.15) is 90.7 Å². The van der Waals surface area contributed by atoms with Gasteiger partial charge in [-0.1, -0.05) is 38.5 Å². The number of hydrogen-bond acceptors (Lipinski definition) is 5. The molecule has 4 aliphatic carbocycles. The zero-order chi connectivity index (χ0) is 24.9. The van der Waals surface area contributed by atoms with Gasteiger partial charge >= 0.3 is 0 Å². The summed E-state index contributed by atoms with van der Waals surface area (Å²) in [6.45, 7) is 7.29. The molecule has 2 spiro atoms. The Labute approximate surface area is 219 Å². The summed E-state index contributed by atoms with van der Waals surface area (Å²) in [6.07, 6.45) is 17.5. The predicted octanol–water partition coefficient (Wildman–Crippen LogP) is 8.40. The van der Waals surface area contributed by atoms with Crippen molar-refractivity contribution in [2.75, 3.05) is 0 Å². The molecule has 176 valence electrons. The average molecular weight is 505 g/mol. The molecule has 0 atom stereocenters. The summed E-state index contributed by atoms with van der Waals surface area (Å²) in [6, 6.07) is 8.44. The first-order valence-electron chi connectivity index (χ1n) is 12.7. The molecular weight excluding hydrogens is 480 g/mol. The second-order valence-corrected chi connectivity index (χ2v) is 12.5. The normalized spacial score (nSPS) is 20.3. The van der Waals surface area contributed by atoms with Crippen LogP contribution >= 0.6 is 22.7 Å². The Morgan fingerprint density at radius 3 is 2.11 bits per heavy atom. The van der Waals surface area contributed by atoms with Crippen molar-refractivity contribution in [3.05, 3.63) is 66.8 Å². The third-order valence-corrected chi connectivity index (χ3v) is 11.1. The molecule has 4 nitrogen and oxygen atoms in total. The van der Waals surface area contributed by atoms with E-state index in [2.05, 4.69) is 29.1 Å². The molecule has 2 heterocycles. The molecular formula is C30H24N4S2. The van der Waals surface area contributed by atoms with Crippen LogP contribution in [-0.4, -0.2) is 0 Å². The minimum absolute atomic E-state index is 0.00869. The van der Waals surface area contributed by atoms with Gasteiger partial charge in [0.15, 0.2) is 0 Å². The maximum atomic E-state index is 9.50. The summed E-state index contributed by atoms with van der Waals surface area (Å²) >= 11 is 3.59. The molecule has 4 aliphatic rings. The molecule has 2 fully saturated rings. The van der Waals surface area contributed by atoms with Crippen molar-refractivity contribution in [2.24, 2.45) is 0 Å². The van der Waals surface area contributed by atoms with Crippen LogP contribution in [0.2, 0.25) is 0 Å². The highest BCUT2D eigenvalue weighted by Gasteiger charge is 2.54. The van der Waals surface area contributed by atoms with Crippen LogP contribution in [0, 0.1) is 40.6 Å². The van der Waals surface area contributed by atoms with Crippen LogP contribution in [-0.2, 0) is 10.8 Å². The van der Waals surface area contributed by atoms with Crippen molar-refractivity contribution in [1.82, 2.24) is 0 Å². The van der Waals surface area contributed by atoms with Crippen molar-refractivity contribution < 1.29 is 0 Å².